The first-order chi connectivity index (χ1) is 11.3. The van der Waals surface area contributed by atoms with Crippen LogP contribution in [0.3, 0.4) is 0 Å². The predicted octanol–water partition coefficient (Wildman–Crippen LogP) is 4.60. The number of aryl methyl sites for hydroxylation is 1. The maximum atomic E-state index is 12.9. The minimum absolute atomic E-state index is 0.253. The number of nitrogens with one attached hydrogen (secondary N) is 1. The fourth-order valence-electron chi connectivity index (χ4n) is 2.19. The molecule has 23 heavy (non-hydrogen) atoms. The molecule has 0 spiro atoms. The van der Waals surface area contributed by atoms with Gasteiger partial charge in [0.15, 0.2) is 0 Å². The van der Waals surface area contributed by atoms with Crippen LogP contribution in [-0.2, 0) is 6.42 Å². The smallest absolute Gasteiger partial charge is 0.126 e. The van der Waals surface area contributed by atoms with Crippen LogP contribution in [0.2, 0.25) is 0 Å². The van der Waals surface area contributed by atoms with Crippen molar-refractivity contribution in [2.45, 2.75) is 38.1 Å². The first-order valence-corrected chi connectivity index (χ1v) is 8.37. The molecule has 0 heterocycles. The standard InChI is InChI=1S/C16H17FO.C4H9N/c17-15-10-6-11-16(13-15)18-12-5-4-9-14-7-2-1-3-8-14;1-5-4-2-3-4/h1-3,6-8,10-11,13H,4-5,9,12H2;4-5H,2-3H2,1H3. The van der Waals surface area contributed by atoms with Crippen LogP contribution in [-0.4, -0.2) is 19.7 Å². The quantitative estimate of drug-likeness (QED) is 0.754. The molecule has 1 saturated carbocycles. The van der Waals surface area contributed by atoms with E-state index in [0.717, 1.165) is 25.3 Å². The molecule has 3 rings (SSSR count). The Morgan fingerprint density at radius 2 is 1.83 bits per heavy atom. The summed E-state index contributed by atoms with van der Waals surface area (Å²) in [5.41, 5.74) is 1.35. The van der Waals surface area contributed by atoms with Crippen molar-refractivity contribution in [3.05, 3.63) is 66.0 Å². The largest absolute Gasteiger partial charge is 0.493 e. The third kappa shape index (κ3) is 7.80. The third-order valence-electron chi connectivity index (χ3n) is 3.75. The summed E-state index contributed by atoms with van der Waals surface area (Å²) in [5.74, 6) is 0.353. The second kappa shape index (κ2) is 10.0. The Labute approximate surface area is 138 Å². The average Bonchev–Trinajstić information content (AvgIpc) is 3.41. The molecule has 2 aromatic carbocycles. The van der Waals surface area contributed by atoms with Crippen molar-refractivity contribution in [2.24, 2.45) is 0 Å². The van der Waals surface area contributed by atoms with E-state index in [0.29, 0.717) is 12.4 Å². The number of hydrogen-bond donors (Lipinski definition) is 1. The van der Waals surface area contributed by atoms with Crippen molar-refractivity contribution >= 4 is 0 Å². The molecule has 2 aromatic rings. The van der Waals surface area contributed by atoms with Gasteiger partial charge >= 0.3 is 0 Å². The third-order valence-corrected chi connectivity index (χ3v) is 3.75. The lowest BCUT2D eigenvalue weighted by atomic mass is 10.1. The van der Waals surface area contributed by atoms with Gasteiger partial charge in [-0.05, 0) is 56.8 Å². The molecule has 1 fully saturated rings. The van der Waals surface area contributed by atoms with Crippen molar-refractivity contribution in [3.63, 3.8) is 0 Å². The maximum absolute atomic E-state index is 12.9. The van der Waals surface area contributed by atoms with Crippen molar-refractivity contribution in [3.8, 4) is 5.75 Å². The van der Waals surface area contributed by atoms with Crippen LogP contribution >= 0.6 is 0 Å². The van der Waals surface area contributed by atoms with Gasteiger partial charge in [0.25, 0.3) is 0 Å². The molecule has 0 saturated heterocycles. The highest BCUT2D eigenvalue weighted by Crippen LogP contribution is 2.17. The molecule has 1 N–H and O–H groups in total. The zero-order valence-corrected chi connectivity index (χ0v) is 13.8. The van der Waals surface area contributed by atoms with E-state index in [1.807, 2.05) is 13.1 Å². The van der Waals surface area contributed by atoms with E-state index in [9.17, 15) is 4.39 Å². The Kier molecular flexibility index (Phi) is 7.61. The lowest BCUT2D eigenvalue weighted by Gasteiger charge is -2.06. The monoisotopic (exact) mass is 315 g/mol. The minimum atomic E-state index is -0.253. The molecule has 124 valence electrons. The Morgan fingerprint density at radius 1 is 1.04 bits per heavy atom. The van der Waals surface area contributed by atoms with Gasteiger partial charge in [0.1, 0.15) is 11.6 Å². The highest BCUT2D eigenvalue weighted by molar-refractivity contribution is 5.22. The van der Waals surface area contributed by atoms with Crippen molar-refractivity contribution in [1.29, 1.82) is 0 Å². The van der Waals surface area contributed by atoms with E-state index in [-0.39, 0.29) is 5.82 Å². The normalized spacial score (nSPS) is 13.1. The summed E-state index contributed by atoms with van der Waals surface area (Å²) < 4.78 is 18.4. The second-order valence-corrected chi connectivity index (χ2v) is 5.81. The van der Waals surface area contributed by atoms with Crippen molar-refractivity contribution < 1.29 is 9.13 Å². The molecule has 1 aliphatic carbocycles. The van der Waals surface area contributed by atoms with Crippen molar-refractivity contribution in [1.82, 2.24) is 5.32 Å². The van der Waals surface area contributed by atoms with E-state index < -0.39 is 0 Å². The molecule has 0 aliphatic heterocycles. The molecule has 0 atom stereocenters. The summed E-state index contributed by atoms with van der Waals surface area (Å²) in [7, 11) is 2.01. The van der Waals surface area contributed by atoms with Crippen LogP contribution in [0.5, 0.6) is 5.75 Å². The number of halogens is 1. The molecule has 0 aromatic heterocycles. The van der Waals surface area contributed by atoms with Gasteiger partial charge in [-0.1, -0.05) is 36.4 Å². The zero-order valence-electron chi connectivity index (χ0n) is 13.8. The lowest BCUT2D eigenvalue weighted by molar-refractivity contribution is 0.305. The van der Waals surface area contributed by atoms with Crippen LogP contribution in [0.4, 0.5) is 4.39 Å². The van der Waals surface area contributed by atoms with Crippen LogP contribution in [0.1, 0.15) is 31.2 Å². The minimum Gasteiger partial charge on any atom is -0.493 e. The van der Waals surface area contributed by atoms with Gasteiger partial charge in [-0.2, -0.15) is 0 Å². The molecule has 3 heteroatoms. The Balaban J connectivity index is 0.000000326. The van der Waals surface area contributed by atoms with Crippen LogP contribution < -0.4 is 10.1 Å². The molecule has 1 aliphatic rings. The van der Waals surface area contributed by atoms with Gasteiger partial charge in [0.05, 0.1) is 6.61 Å². The average molecular weight is 315 g/mol. The van der Waals surface area contributed by atoms with Crippen LogP contribution in [0, 0.1) is 5.82 Å². The van der Waals surface area contributed by atoms with Crippen LogP contribution in [0.15, 0.2) is 54.6 Å². The lowest BCUT2D eigenvalue weighted by Crippen LogP contribution is -2.06. The van der Waals surface area contributed by atoms with E-state index in [2.05, 4.69) is 29.6 Å². The fourth-order valence-corrected chi connectivity index (χ4v) is 2.19. The second-order valence-electron chi connectivity index (χ2n) is 5.81. The molecule has 0 bridgehead atoms. The summed E-state index contributed by atoms with van der Waals surface area (Å²) >= 11 is 0. The number of benzene rings is 2. The summed E-state index contributed by atoms with van der Waals surface area (Å²) in [6.45, 7) is 0.635. The Hall–Kier alpha value is -1.87. The number of rotatable bonds is 7. The Morgan fingerprint density at radius 3 is 2.43 bits per heavy atom. The molecule has 2 nitrogen and oxygen atoms in total. The summed E-state index contributed by atoms with van der Waals surface area (Å²) in [6, 6.07) is 17.6. The fraction of sp³-hybridized carbons (Fsp3) is 0.400. The summed E-state index contributed by atoms with van der Waals surface area (Å²) in [6.07, 6.45) is 5.92. The topological polar surface area (TPSA) is 21.3 Å². The van der Waals surface area contributed by atoms with Crippen LogP contribution in [0.25, 0.3) is 0 Å². The van der Waals surface area contributed by atoms with Gasteiger partial charge in [-0.15, -0.1) is 0 Å². The van der Waals surface area contributed by atoms with Gasteiger partial charge in [-0.25, -0.2) is 4.39 Å². The van der Waals surface area contributed by atoms with E-state index in [1.54, 1.807) is 12.1 Å². The first-order valence-electron chi connectivity index (χ1n) is 8.37. The highest BCUT2D eigenvalue weighted by atomic mass is 19.1. The zero-order chi connectivity index (χ0) is 16.3. The van der Waals surface area contributed by atoms with Gasteiger partial charge in [-0.3, -0.25) is 0 Å². The molecule has 0 amide bonds. The van der Waals surface area contributed by atoms with E-state index in [1.165, 1.54) is 30.5 Å². The van der Waals surface area contributed by atoms with Gasteiger partial charge in [0, 0.05) is 12.1 Å². The predicted molar refractivity (Wildman–Crippen MR) is 93.4 cm³/mol. The van der Waals surface area contributed by atoms with Crippen molar-refractivity contribution in [2.75, 3.05) is 13.7 Å². The highest BCUT2D eigenvalue weighted by Gasteiger charge is 2.17. The summed E-state index contributed by atoms with van der Waals surface area (Å²) in [4.78, 5) is 0. The maximum Gasteiger partial charge on any atom is 0.126 e. The number of unbranched alkanes of at least 4 members (excludes halogenated alkanes) is 1. The van der Waals surface area contributed by atoms with Gasteiger partial charge in [0.2, 0.25) is 0 Å². The summed E-state index contributed by atoms with van der Waals surface area (Å²) in [5, 5.41) is 3.14. The van der Waals surface area contributed by atoms with Gasteiger partial charge < -0.3 is 10.1 Å². The number of ether oxygens (including phenoxy) is 1. The van der Waals surface area contributed by atoms with E-state index in [4.69, 9.17) is 4.74 Å². The van der Waals surface area contributed by atoms with E-state index >= 15 is 0 Å². The molecular formula is C20H26FNO. The molecular weight excluding hydrogens is 289 g/mol. The molecule has 0 unspecified atom stereocenters. The Bertz CT molecular complexity index is 555. The molecule has 0 radical (unpaired) electrons. The first kappa shape index (κ1) is 17.5. The number of hydrogen-bond acceptors (Lipinski definition) is 2. The SMILES string of the molecule is CNC1CC1.Fc1cccc(OCCCCc2ccccc2)c1.